The van der Waals surface area contributed by atoms with Gasteiger partial charge in [-0.3, -0.25) is 9.69 Å². The molecule has 2 unspecified atom stereocenters. The highest BCUT2D eigenvalue weighted by Crippen LogP contribution is 2.48. The quantitative estimate of drug-likeness (QED) is 0.767. The second-order valence-electron chi connectivity index (χ2n) is 9.37. The van der Waals surface area contributed by atoms with Gasteiger partial charge in [-0.15, -0.1) is 0 Å². The first kappa shape index (κ1) is 21.3. The monoisotopic (exact) mass is 426 g/mol. The van der Waals surface area contributed by atoms with Gasteiger partial charge in [0.25, 0.3) is 0 Å². The van der Waals surface area contributed by atoms with Crippen LogP contribution in [-0.4, -0.2) is 23.8 Å². The molecule has 0 saturated carbocycles. The van der Waals surface area contributed by atoms with Gasteiger partial charge in [0.1, 0.15) is 17.2 Å². The van der Waals surface area contributed by atoms with E-state index in [-0.39, 0.29) is 29.6 Å². The number of aliphatic imine (C=N–C) groups is 1. The number of nitrogens with zero attached hydrogens (tertiary/aromatic N) is 2. The fourth-order valence-electron chi connectivity index (χ4n) is 4.79. The van der Waals surface area contributed by atoms with E-state index < -0.39 is 16.8 Å². The summed E-state index contributed by atoms with van der Waals surface area (Å²) in [6.45, 7) is 7.35. The molecule has 31 heavy (non-hydrogen) atoms. The van der Waals surface area contributed by atoms with Crippen molar-refractivity contribution < 1.29 is 13.6 Å². The smallest absolute Gasteiger partial charge is 0.237 e. The number of hydrogen-bond acceptors (Lipinski definition) is 4. The van der Waals surface area contributed by atoms with Crippen molar-refractivity contribution in [2.45, 2.75) is 45.7 Å². The molecule has 2 aromatic rings. The molecular weight excluding hydrogens is 398 g/mol. The van der Waals surface area contributed by atoms with E-state index in [1.165, 1.54) is 17.0 Å². The van der Waals surface area contributed by atoms with Gasteiger partial charge in [-0.1, -0.05) is 13.0 Å². The molecule has 1 aliphatic heterocycles. The van der Waals surface area contributed by atoms with Crippen LogP contribution in [0.2, 0.25) is 0 Å². The van der Waals surface area contributed by atoms with Gasteiger partial charge >= 0.3 is 0 Å². The van der Waals surface area contributed by atoms with Gasteiger partial charge in [-0.05, 0) is 74.6 Å². The van der Waals surface area contributed by atoms with Gasteiger partial charge < -0.3 is 11.1 Å². The molecule has 0 saturated heterocycles. The van der Waals surface area contributed by atoms with E-state index in [4.69, 9.17) is 5.73 Å². The molecule has 7 heteroatoms. The zero-order valence-electron chi connectivity index (χ0n) is 18.5. The molecule has 0 fully saturated rings. The highest BCUT2D eigenvalue weighted by molar-refractivity contribution is 6.01. The van der Waals surface area contributed by atoms with Gasteiger partial charge in [0.15, 0.2) is 5.96 Å². The van der Waals surface area contributed by atoms with Crippen LogP contribution in [0.5, 0.6) is 0 Å². The minimum atomic E-state index is -1.18. The number of amides is 1. The van der Waals surface area contributed by atoms with Gasteiger partial charge in [0.2, 0.25) is 5.91 Å². The van der Waals surface area contributed by atoms with Crippen LogP contribution in [0.3, 0.4) is 0 Å². The summed E-state index contributed by atoms with van der Waals surface area (Å²) in [6.07, 6.45) is 0.769. The van der Waals surface area contributed by atoms with Crippen LogP contribution in [0, 0.1) is 23.0 Å². The molecular formula is C24H28F2N4O. The van der Waals surface area contributed by atoms with Gasteiger partial charge in [0.05, 0.1) is 11.5 Å². The molecule has 0 spiro atoms. The lowest BCUT2D eigenvalue weighted by Crippen LogP contribution is -2.58. The lowest BCUT2D eigenvalue weighted by molar-refractivity contribution is -0.140. The Balaban J connectivity index is 1.75. The fourth-order valence-corrected chi connectivity index (χ4v) is 4.79. The average molecular weight is 427 g/mol. The number of rotatable bonds is 3. The second-order valence-corrected chi connectivity index (χ2v) is 9.37. The Morgan fingerprint density at radius 1 is 1.16 bits per heavy atom. The third kappa shape index (κ3) is 3.18. The first-order valence-corrected chi connectivity index (χ1v) is 10.4. The zero-order chi connectivity index (χ0) is 22.7. The van der Waals surface area contributed by atoms with Crippen molar-refractivity contribution in [2.24, 2.45) is 22.1 Å². The van der Waals surface area contributed by atoms with Gasteiger partial charge in [0, 0.05) is 18.3 Å². The highest BCUT2D eigenvalue weighted by Gasteiger charge is 2.53. The summed E-state index contributed by atoms with van der Waals surface area (Å²) in [5.74, 6) is -0.605. The highest BCUT2D eigenvalue weighted by atomic mass is 19.1. The van der Waals surface area contributed by atoms with E-state index in [0.717, 1.165) is 17.5 Å². The van der Waals surface area contributed by atoms with Crippen LogP contribution in [0.15, 0.2) is 41.4 Å². The van der Waals surface area contributed by atoms with Crippen molar-refractivity contribution >= 4 is 17.6 Å². The van der Waals surface area contributed by atoms with Gasteiger partial charge in [-0.25, -0.2) is 13.8 Å². The third-order valence-corrected chi connectivity index (χ3v) is 7.10. The normalized spacial score (nSPS) is 27.1. The van der Waals surface area contributed by atoms with Crippen LogP contribution in [-0.2, 0) is 16.8 Å². The average Bonchev–Trinajstić information content (AvgIpc) is 3.00. The molecule has 1 aliphatic carbocycles. The summed E-state index contributed by atoms with van der Waals surface area (Å²) < 4.78 is 28.7. The van der Waals surface area contributed by atoms with E-state index >= 15 is 4.39 Å². The van der Waals surface area contributed by atoms with Crippen LogP contribution in [0.25, 0.3) is 0 Å². The molecule has 5 nitrogen and oxygen atoms in total. The van der Waals surface area contributed by atoms with Gasteiger partial charge in [-0.2, -0.15) is 0 Å². The zero-order valence-corrected chi connectivity index (χ0v) is 18.5. The lowest BCUT2D eigenvalue weighted by Gasteiger charge is -2.46. The summed E-state index contributed by atoms with van der Waals surface area (Å²) in [6, 6.07) is 9.60. The number of nitrogens with one attached hydrogen (secondary N) is 1. The summed E-state index contributed by atoms with van der Waals surface area (Å²) >= 11 is 0. The molecule has 3 N–H and O–H groups in total. The molecule has 0 radical (unpaired) electrons. The van der Waals surface area contributed by atoms with Crippen LogP contribution in [0.1, 0.15) is 50.4 Å². The Morgan fingerprint density at radius 2 is 1.87 bits per heavy atom. The lowest BCUT2D eigenvalue weighted by atomic mass is 9.67. The molecule has 1 heterocycles. The Hall–Kier alpha value is -2.96. The molecule has 0 aromatic heterocycles. The standard InChI is InChI=1S/C24H28F2N4O/c1-13-10-14-11-15(25)6-8-17(14)20(13)28-16-7-9-19(26)18(12-16)24(4)23(2,3)21(31)30(5)22(27)29-24/h6-9,11-13,20,28H,10H2,1-5H3,(H2,27,29)/t13?,20?,24-/m1/s1. The molecule has 164 valence electrons. The van der Waals surface area contributed by atoms with Crippen LogP contribution < -0.4 is 11.1 Å². The molecule has 1 amide bonds. The van der Waals surface area contributed by atoms with Crippen molar-refractivity contribution in [1.29, 1.82) is 0 Å². The fraction of sp³-hybridized carbons (Fsp3) is 0.417. The van der Waals surface area contributed by atoms with Crippen molar-refractivity contribution in [3.05, 3.63) is 64.7 Å². The molecule has 0 bridgehead atoms. The molecule has 2 aromatic carbocycles. The predicted octanol–water partition coefficient (Wildman–Crippen LogP) is 4.34. The number of anilines is 1. The SMILES string of the molecule is CC1Cc2cc(F)ccc2C1Nc1ccc(F)c([C@@]2(C)N=C(N)N(C)C(=O)C2(C)C)c1. The summed E-state index contributed by atoms with van der Waals surface area (Å²) in [4.78, 5) is 18.8. The van der Waals surface area contributed by atoms with E-state index in [1.807, 2.05) is 0 Å². The van der Waals surface area contributed by atoms with Crippen molar-refractivity contribution in [3.8, 4) is 0 Å². The number of carbonyl (C=O) groups is 1. The number of halogens is 2. The maximum Gasteiger partial charge on any atom is 0.237 e. The first-order valence-electron chi connectivity index (χ1n) is 10.4. The van der Waals surface area contributed by atoms with Crippen molar-refractivity contribution in [1.82, 2.24) is 4.90 Å². The Kier molecular flexibility index (Phi) is 4.83. The Morgan fingerprint density at radius 3 is 2.58 bits per heavy atom. The summed E-state index contributed by atoms with van der Waals surface area (Å²) in [7, 11) is 1.57. The van der Waals surface area contributed by atoms with Crippen LogP contribution >= 0.6 is 0 Å². The van der Waals surface area contributed by atoms with E-state index in [2.05, 4.69) is 17.2 Å². The summed E-state index contributed by atoms with van der Waals surface area (Å²) in [5, 5.41) is 3.48. The van der Waals surface area contributed by atoms with Crippen molar-refractivity contribution in [2.75, 3.05) is 12.4 Å². The number of nitrogens with two attached hydrogens (primary N) is 1. The topological polar surface area (TPSA) is 70.7 Å². The maximum atomic E-state index is 15.1. The van der Waals surface area contributed by atoms with E-state index in [9.17, 15) is 9.18 Å². The second kappa shape index (κ2) is 7.04. The minimum Gasteiger partial charge on any atom is -0.378 e. The maximum absolute atomic E-state index is 15.1. The number of benzene rings is 2. The molecule has 3 atom stereocenters. The van der Waals surface area contributed by atoms with Crippen LogP contribution in [0.4, 0.5) is 14.5 Å². The van der Waals surface area contributed by atoms with Crippen molar-refractivity contribution in [3.63, 3.8) is 0 Å². The molecule has 2 aliphatic rings. The minimum absolute atomic E-state index is 0.0255. The Bertz CT molecular complexity index is 1100. The third-order valence-electron chi connectivity index (χ3n) is 7.10. The number of guanidine groups is 1. The Labute approximate surface area is 181 Å². The number of carbonyl (C=O) groups excluding carboxylic acids is 1. The largest absolute Gasteiger partial charge is 0.378 e. The predicted molar refractivity (Wildman–Crippen MR) is 118 cm³/mol. The molecule has 4 rings (SSSR count). The summed E-state index contributed by atoms with van der Waals surface area (Å²) in [5.41, 5.74) is 6.85. The number of fused-ring (bicyclic) bond motifs is 1. The van der Waals surface area contributed by atoms with E-state index in [1.54, 1.807) is 52.1 Å². The van der Waals surface area contributed by atoms with E-state index in [0.29, 0.717) is 11.3 Å². The number of hydrogen-bond donors (Lipinski definition) is 2. The first-order chi connectivity index (χ1) is 14.5.